The molecule has 12 heteroatoms. The number of rotatable bonds is 8. The van der Waals surface area contributed by atoms with Crippen LogP contribution in [0.5, 0.6) is 17.4 Å². The van der Waals surface area contributed by atoms with Crippen molar-refractivity contribution in [2.75, 3.05) is 27.3 Å². The quantitative estimate of drug-likeness (QED) is 0.523. The molecule has 1 saturated heterocycles. The molecule has 1 N–H and O–H groups in total. The van der Waals surface area contributed by atoms with Crippen LogP contribution in [0.3, 0.4) is 0 Å². The van der Waals surface area contributed by atoms with E-state index in [-0.39, 0.29) is 48.9 Å². The lowest BCUT2D eigenvalue weighted by Crippen LogP contribution is -2.45. The molecule has 0 unspecified atom stereocenters. The highest BCUT2D eigenvalue weighted by atomic mass is 32.2. The van der Waals surface area contributed by atoms with E-state index in [1.807, 2.05) is 6.92 Å². The standard InChI is InChI=1S/C26H37N3O8S/c1-7-8-12-20-27-23(30)22(24(31)29(20)21-18(35-5)10-9-11-19(21)36-6)38(33,34)17-13-15-28(16-14-17)25(32)37-26(2,3)4/h9-11,17,30H,7-8,12-16H2,1-6H3. The van der Waals surface area contributed by atoms with Crippen molar-refractivity contribution in [2.45, 2.75) is 75.5 Å². The highest BCUT2D eigenvalue weighted by Crippen LogP contribution is 2.34. The lowest BCUT2D eigenvalue weighted by molar-refractivity contribution is 0.0217. The first kappa shape index (κ1) is 29.3. The number of likely N-dealkylation sites (tertiary alicyclic amines) is 1. The second-order valence-electron chi connectivity index (χ2n) is 10.1. The fraction of sp³-hybridized carbons (Fsp3) is 0.577. The van der Waals surface area contributed by atoms with E-state index in [1.165, 1.54) is 19.1 Å². The van der Waals surface area contributed by atoms with Crippen LogP contribution in [-0.2, 0) is 21.0 Å². The van der Waals surface area contributed by atoms with E-state index in [0.29, 0.717) is 12.8 Å². The Kier molecular flexibility index (Phi) is 8.96. The summed E-state index contributed by atoms with van der Waals surface area (Å²) in [5, 5.41) is 9.79. The van der Waals surface area contributed by atoms with Crippen molar-refractivity contribution in [3.05, 3.63) is 34.4 Å². The summed E-state index contributed by atoms with van der Waals surface area (Å²) in [7, 11) is -1.46. The highest BCUT2D eigenvalue weighted by Gasteiger charge is 2.39. The van der Waals surface area contributed by atoms with Crippen LogP contribution in [0.2, 0.25) is 0 Å². The topological polar surface area (TPSA) is 137 Å². The van der Waals surface area contributed by atoms with Gasteiger partial charge in [0.2, 0.25) is 5.88 Å². The van der Waals surface area contributed by atoms with Crippen molar-refractivity contribution in [1.82, 2.24) is 14.5 Å². The molecular weight excluding hydrogens is 514 g/mol. The molecule has 0 aliphatic carbocycles. The third kappa shape index (κ3) is 6.06. The molecule has 3 rings (SSSR count). The van der Waals surface area contributed by atoms with Crippen molar-refractivity contribution in [2.24, 2.45) is 0 Å². The normalized spacial score (nSPS) is 14.8. The number of nitrogens with zero attached hydrogens (tertiary/aromatic N) is 3. The van der Waals surface area contributed by atoms with E-state index < -0.39 is 43.1 Å². The molecule has 1 aliphatic heterocycles. The first-order valence-corrected chi connectivity index (χ1v) is 14.2. The summed E-state index contributed by atoms with van der Waals surface area (Å²) in [6.07, 6.45) is 1.39. The number of benzene rings is 1. The summed E-state index contributed by atoms with van der Waals surface area (Å²) < 4.78 is 45.0. The van der Waals surface area contributed by atoms with Crippen LogP contribution in [0.4, 0.5) is 4.79 Å². The number of sulfone groups is 1. The molecule has 1 aromatic carbocycles. The number of para-hydroxylation sites is 1. The third-order valence-corrected chi connectivity index (χ3v) is 8.57. The lowest BCUT2D eigenvalue weighted by atomic mass is 10.1. The molecule has 2 aromatic rings. The van der Waals surface area contributed by atoms with E-state index in [0.717, 1.165) is 11.0 Å². The number of aryl methyl sites for hydroxylation is 1. The van der Waals surface area contributed by atoms with Crippen molar-refractivity contribution in [3.8, 4) is 23.1 Å². The molecular formula is C26H37N3O8S. The van der Waals surface area contributed by atoms with E-state index in [1.54, 1.807) is 39.0 Å². The number of amides is 1. The maximum absolute atomic E-state index is 13.9. The lowest BCUT2D eigenvalue weighted by Gasteiger charge is -2.33. The Labute approximate surface area is 223 Å². The fourth-order valence-corrected chi connectivity index (χ4v) is 6.21. The summed E-state index contributed by atoms with van der Waals surface area (Å²) in [5.41, 5.74) is -1.40. The molecule has 0 atom stereocenters. The number of hydrogen-bond acceptors (Lipinski definition) is 9. The van der Waals surface area contributed by atoms with Crippen LogP contribution in [0.15, 0.2) is 27.9 Å². The Morgan fingerprint density at radius 1 is 1.13 bits per heavy atom. The van der Waals surface area contributed by atoms with Crippen molar-refractivity contribution in [3.63, 3.8) is 0 Å². The SMILES string of the molecule is CCCCc1nc(O)c(S(=O)(=O)C2CCN(C(=O)OC(C)(C)C)CC2)c(=O)n1-c1c(OC)cccc1OC. The van der Waals surface area contributed by atoms with Crippen LogP contribution in [0.1, 0.15) is 59.2 Å². The van der Waals surface area contributed by atoms with E-state index in [9.17, 15) is 23.1 Å². The molecule has 1 fully saturated rings. The number of aromatic nitrogens is 2. The smallest absolute Gasteiger partial charge is 0.410 e. The van der Waals surface area contributed by atoms with Gasteiger partial charge >= 0.3 is 6.09 Å². The van der Waals surface area contributed by atoms with Gasteiger partial charge < -0.3 is 24.2 Å². The van der Waals surface area contributed by atoms with Gasteiger partial charge in [-0.25, -0.2) is 13.2 Å². The van der Waals surface area contributed by atoms with Gasteiger partial charge in [0, 0.05) is 19.5 Å². The maximum Gasteiger partial charge on any atom is 0.410 e. The minimum Gasteiger partial charge on any atom is -0.494 e. The Balaban J connectivity index is 2.08. The molecule has 38 heavy (non-hydrogen) atoms. The molecule has 0 radical (unpaired) electrons. The third-order valence-electron chi connectivity index (χ3n) is 6.29. The van der Waals surface area contributed by atoms with E-state index in [4.69, 9.17) is 14.2 Å². The zero-order valence-corrected chi connectivity index (χ0v) is 23.6. The van der Waals surface area contributed by atoms with Gasteiger partial charge in [-0.1, -0.05) is 19.4 Å². The van der Waals surface area contributed by atoms with Gasteiger partial charge in [-0.2, -0.15) is 4.98 Å². The number of carbonyl (C=O) groups is 1. The Hall–Kier alpha value is -3.28. The monoisotopic (exact) mass is 551 g/mol. The Morgan fingerprint density at radius 2 is 1.71 bits per heavy atom. The zero-order valence-electron chi connectivity index (χ0n) is 22.8. The van der Waals surface area contributed by atoms with Gasteiger partial charge in [-0.3, -0.25) is 9.36 Å². The van der Waals surface area contributed by atoms with Gasteiger partial charge in [0.25, 0.3) is 5.56 Å². The largest absolute Gasteiger partial charge is 0.494 e. The number of methoxy groups -OCH3 is 2. The van der Waals surface area contributed by atoms with Gasteiger partial charge in [0.05, 0.1) is 19.5 Å². The Bertz CT molecular complexity index is 1300. The van der Waals surface area contributed by atoms with Crippen LogP contribution in [0.25, 0.3) is 5.69 Å². The number of carbonyl (C=O) groups excluding carboxylic acids is 1. The molecule has 1 aromatic heterocycles. The average molecular weight is 552 g/mol. The summed E-state index contributed by atoms with van der Waals surface area (Å²) in [4.78, 5) is 31.2. The van der Waals surface area contributed by atoms with Crippen LogP contribution in [0, 0.1) is 0 Å². The summed E-state index contributed by atoms with van der Waals surface area (Å²) in [5.74, 6) is -0.0759. The molecule has 11 nitrogen and oxygen atoms in total. The fourth-order valence-electron chi connectivity index (χ4n) is 4.41. The number of aromatic hydroxyl groups is 1. The molecule has 1 aliphatic rings. The zero-order chi connectivity index (χ0) is 28.3. The van der Waals surface area contributed by atoms with Gasteiger partial charge in [0.1, 0.15) is 28.6 Å². The first-order chi connectivity index (χ1) is 17.8. The Morgan fingerprint density at radius 3 is 2.21 bits per heavy atom. The number of ether oxygens (including phenoxy) is 3. The second kappa shape index (κ2) is 11.6. The molecule has 2 heterocycles. The minimum atomic E-state index is -4.32. The minimum absolute atomic E-state index is 0.0794. The van der Waals surface area contributed by atoms with Crippen molar-refractivity contribution in [1.29, 1.82) is 0 Å². The maximum atomic E-state index is 13.9. The number of piperidine rings is 1. The molecule has 210 valence electrons. The molecule has 0 saturated carbocycles. The number of unbranched alkanes of at least 4 members (excludes halogenated alkanes) is 1. The molecule has 1 amide bonds. The van der Waals surface area contributed by atoms with Crippen LogP contribution < -0.4 is 15.0 Å². The first-order valence-electron chi connectivity index (χ1n) is 12.6. The predicted octanol–water partition coefficient (Wildman–Crippen LogP) is 3.47. The van der Waals surface area contributed by atoms with Crippen LogP contribution in [-0.4, -0.2) is 72.2 Å². The van der Waals surface area contributed by atoms with Gasteiger partial charge in [-0.15, -0.1) is 0 Å². The molecule has 0 bridgehead atoms. The number of hydrogen-bond donors (Lipinski definition) is 1. The second-order valence-corrected chi connectivity index (χ2v) is 12.3. The molecule has 0 spiro atoms. The van der Waals surface area contributed by atoms with Crippen molar-refractivity contribution < 1.29 is 32.5 Å². The summed E-state index contributed by atoms with van der Waals surface area (Å²) in [6, 6.07) is 4.94. The van der Waals surface area contributed by atoms with Crippen molar-refractivity contribution >= 4 is 15.9 Å². The van der Waals surface area contributed by atoms with E-state index >= 15 is 0 Å². The highest BCUT2D eigenvalue weighted by molar-refractivity contribution is 7.92. The predicted molar refractivity (Wildman–Crippen MR) is 141 cm³/mol. The van der Waals surface area contributed by atoms with Gasteiger partial charge in [0.15, 0.2) is 14.7 Å². The van der Waals surface area contributed by atoms with Gasteiger partial charge in [-0.05, 0) is 52.2 Å². The average Bonchev–Trinajstić information content (AvgIpc) is 2.85. The van der Waals surface area contributed by atoms with E-state index in [2.05, 4.69) is 4.98 Å². The van der Waals surface area contributed by atoms with Crippen LogP contribution >= 0.6 is 0 Å². The summed E-state index contributed by atoms with van der Waals surface area (Å²) in [6.45, 7) is 7.50. The summed E-state index contributed by atoms with van der Waals surface area (Å²) >= 11 is 0.